The van der Waals surface area contributed by atoms with Gasteiger partial charge in [-0.15, -0.1) is 0 Å². The predicted octanol–water partition coefficient (Wildman–Crippen LogP) is 1.95. The third-order valence-corrected chi connectivity index (χ3v) is 3.81. The molecule has 0 radical (unpaired) electrons. The lowest BCUT2D eigenvalue weighted by Crippen LogP contribution is -2.67. The molecule has 1 fully saturated rings. The highest BCUT2D eigenvalue weighted by atomic mass is 32.1. The highest BCUT2D eigenvalue weighted by Gasteiger charge is 2.48. The van der Waals surface area contributed by atoms with Gasteiger partial charge in [0.05, 0.1) is 6.04 Å². The Hall–Kier alpha value is -1.29. The van der Waals surface area contributed by atoms with E-state index in [2.05, 4.69) is 23.6 Å². The van der Waals surface area contributed by atoms with Gasteiger partial charge in [0.15, 0.2) is 10.8 Å². The minimum atomic E-state index is -0.401. The molecule has 2 N–H and O–H groups in total. The molecule has 1 saturated heterocycles. The second-order valence-electron chi connectivity index (χ2n) is 4.61. The van der Waals surface area contributed by atoms with Crippen molar-refractivity contribution in [1.29, 1.82) is 0 Å². The number of benzene rings is 1. The van der Waals surface area contributed by atoms with Crippen molar-refractivity contribution in [3.8, 4) is 5.75 Å². The molecule has 3 rings (SSSR count). The van der Waals surface area contributed by atoms with Crippen molar-refractivity contribution in [3.05, 3.63) is 29.8 Å². The number of thiocarbonyl (C=S) groups is 1. The van der Waals surface area contributed by atoms with Crippen molar-refractivity contribution in [1.82, 2.24) is 10.6 Å². The normalized spacial score (nSPS) is 35.5. The van der Waals surface area contributed by atoms with Crippen LogP contribution < -0.4 is 15.4 Å². The lowest BCUT2D eigenvalue weighted by atomic mass is 9.82. The number of fused-ring (bicyclic) bond motifs is 4. The first kappa shape index (κ1) is 9.90. The van der Waals surface area contributed by atoms with Gasteiger partial charge in [-0.2, -0.15) is 0 Å². The lowest BCUT2D eigenvalue weighted by Gasteiger charge is -2.50. The van der Waals surface area contributed by atoms with Crippen LogP contribution in [0.4, 0.5) is 0 Å². The van der Waals surface area contributed by atoms with Gasteiger partial charge in [-0.05, 0) is 25.2 Å². The third-order valence-electron chi connectivity index (χ3n) is 3.59. The summed E-state index contributed by atoms with van der Waals surface area (Å²) in [6, 6.07) is 8.36. The van der Waals surface area contributed by atoms with Crippen molar-refractivity contribution < 1.29 is 4.74 Å². The summed E-state index contributed by atoms with van der Waals surface area (Å²) in [6.45, 7) is 4.22. The van der Waals surface area contributed by atoms with Crippen LogP contribution in [0, 0.1) is 5.92 Å². The fraction of sp³-hybridized carbons (Fsp3) is 0.417. The molecule has 4 heteroatoms. The van der Waals surface area contributed by atoms with Crippen LogP contribution in [0.1, 0.15) is 25.5 Å². The average molecular weight is 234 g/mol. The quantitative estimate of drug-likeness (QED) is 0.672. The topological polar surface area (TPSA) is 33.3 Å². The zero-order chi connectivity index (χ0) is 11.3. The van der Waals surface area contributed by atoms with Gasteiger partial charge < -0.3 is 15.4 Å². The lowest BCUT2D eigenvalue weighted by molar-refractivity contribution is -0.0262. The Labute approximate surface area is 100 Å². The highest BCUT2D eigenvalue weighted by molar-refractivity contribution is 7.80. The van der Waals surface area contributed by atoms with Gasteiger partial charge in [-0.1, -0.05) is 25.1 Å². The molecule has 1 aromatic rings. The summed E-state index contributed by atoms with van der Waals surface area (Å²) in [6.07, 6.45) is 0. The maximum absolute atomic E-state index is 6.03. The summed E-state index contributed by atoms with van der Waals surface area (Å²) in [7, 11) is 0. The van der Waals surface area contributed by atoms with Crippen LogP contribution in [0.5, 0.6) is 5.75 Å². The molecule has 1 aromatic carbocycles. The van der Waals surface area contributed by atoms with E-state index in [4.69, 9.17) is 17.0 Å². The number of hydrogen-bond acceptors (Lipinski definition) is 2. The third kappa shape index (κ3) is 1.23. The fourth-order valence-corrected chi connectivity index (χ4v) is 2.81. The van der Waals surface area contributed by atoms with Crippen LogP contribution in [0.2, 0.25) is 0 Å². The molecule has 16 heavy (non-hydrogen) atoms. The van der Waals surface area contributed by atoms with Gasteiger partial charge in [0.1, 0.15) is 5.75 Å². The van der Waals surface area contributed by atoms with Gasteiger partial charge in [-0.25, -0.2) is 0 Å². The molecule has 0 saturated carbocycles. The Kier molecular flexibility index (Phi) is 1.92. The van der Waals surface area contributed by atoms with Gasteiger partial charge in [0.2, 0.25) is 0 Å². The number of para-hydroxylation sites is 1. The molecule has 0 aliphatic carbocycles. The maximum atomic E-state index is 6.03. The molecule has 0 spiro atoms. The van der Waals surface area contributed by atoms with Gasteiger partial charge in [0.25, 0.3) is 0 Å². The van der Waals surface area contributed by atoms with Crippen molar-refractivity contribution in [2.45, 2.75) is 25.6 Å². The number of rotatable bonds is 0. The van der Waals surface area contributed by atoms with E-state index >= 15 is 0 Å². The van der Waals surface area contributed by atoms with Crippen molar-refractivity contribution in [2.75, 3.05) is 0 Å². The summed E-state index contributed by atoms with van der Waals surface area (Å²) in [5, 5.41) is 7.20. The standard InChI is InChI=1S/C12H14N2OS/c1-7-10-8-5-3-4-6-9(8)15-12(7,2)14-11(16)13-10/h3-7,10H,1-2H3,(H2,13,14,16)/t7-,10-,12-/m0/s1. The molecule has 3 atom stereocenters. The van der Waals surface area contributed by atoms with Crippen LogP contribution in [0.25, 0.3) is 0 Å². The summed E-state index contributed by atoms with van der Waals surface area (Å²) < 4.78 is 6.03. The summed E-state index contributed by atoms with van der Waals surface area (Å²) >= 11 is 5.21. The summed E-state index contributed by atoms with van der Waals surface area (Å²) in [4.78, 5) is 0. The average Bonchev–Trinajstić information content (AvgIpc) is 2.22. The summed E-state index contributed by atoms with van der Waals surface area (Å²) in [5.41, 5.74) is 0.790. The highest BCUT2D eigenvalue weighted by Crippen LogP contribution is 2.43. The van der Waals surface area contributed by atoms with E-state index in [0.717, 1.165) is 5.75 Å². The Bertz CT molecular complexity index is 462. The van der Waals surface area contributed by atoms with E-state index in [-0.39, 0.29) is 6.04 Å². The Balaban J connectivity index is 2.15. The molecule has 2 aliphatic heterocycles. The molecule has 84 valence electrons. The van der Waals surface area contributed by atoms with Crippen LogP contribution in [-0.4, -0.2) is 10.8 Å². The SMILES string of the molecule is C[C@H]1[C@@H]2NC(=S)N[C@@]1(C)Oc1ccccc12. The molecule has 2 aliphatic rings. The van der Waals surface area contributed by atoms with Crippen LogP contribution in [-0.2, 0) is 0 Å². The molecule has 0 unspecified atom stereocenters. The van der Waals surface area contributed by atoms with E-state index in [1.165, 1.54) is 5.56 Å². The number of nitrogens with one attached hydrogen (secondary N) is 2. The van der Waals surface area contributed by atoms with E-state index < -0.39 is 5.72 Å². The van der Waals surface area contributed by atoms with Crippen molar-refractivity contribution in [3.63, 3.8) is 0 Å². The molecular formula is C12H14N2OS. The molecule has 0 amide bonds. The maximum Gasteiger partial charge on any atom is 0.184 e. The largest absolute Gasteiger partial charge is 0.468 e. The van der Waals surface area contributed by atoms with Crippen molar-refractivity contribution in [2.24, 2.45) is 5.92 Å². The number of hydrogen-bond donors (Lipinski definition) is 2. The van der Waals surface area contributed by atoms with Gasteiger partial charge in [-0.3, -0.25) is 0 Å². The van der Waals surface area contributed by atoms with E-state index in [9.17, 15) is 0 Å². The second-order valence-corrected chi connectivity index (χ2v) is 5.02. The Morgan fingerprint density at radius 3 is 2.94 bits per heavy atom. The Morgan fingerprint density at radius 1 is 1.38 bits per heavy atom. The van der Waals surface area contributed by atoms with E-state index in [0.29, 0.717) is 11.0 Å². The van der Waals surface area contributed by atoms with Crippen molar-refractivity contribution >= 4 is 17.3 Å². The minimum absolute atomic E-state index is 0.240. The van der Waals surface area contributed by atoms with Crippen LogP contribution >= 0.6 is 12.2 Å². The molecule has 2 bridgehead atoms. The molecule has 2 heterocycles. The first-order chi connectivity index (χ1) is 7.60. The van der Waals surface area contributed by atoms with E-state index in [1.807, 2.05) is 25.1 Å². The monoisotopic (exact) mass is 234 g/mol. The fourth-order valence-electron chi connectivity index (χ4n) is 2.48. The zero-order valence-corrected chi connectivity index (χ0v) is 10.1. The number of ether oxygens (including phenoxy) is 1. The minimum Gasteiger partial charge on any atom is -0.468 e. The molecule has 3 nitrogen and oxygen atoms in total. The smallest absolute Gasteiger partial charge is 0.184 e. The first-order valence-electron chi connectivity index (χ1n) is 5.47. The predicted molar refractivity (Wildman–Crippen MR) is 66.2 cm³/mol. The van der Waals surface area contributed by atoms with E-state index in [1.54, 1.807) is 0 Å². The zero-order valence-electron chi connectivity index (χ0n) is 9.28. The van der Waals surface area contributed by atoms with Crippen LogP contribution in [0.3, 0.4) is 0 Å². The summed E-state index contributed by atoms with van der Waals surface area (Å²) in [5.74, 6) is 1.27. The Morgan fingerprint density at radius 2 is 2.12 bits per heavy atom. The van der Waals surface area contributed by atoms with Gasteiger partial charge in [0, 0.05) is 11.5 Å². The molecular weight excluding hydrogens is 220 g/mol. The van der Waals surface area contributed by atoms with Gasteiger partial charge >= 0.3 is 0 Å². The second kappa shape index (κ2) is 3.10. The first-order valence-corrected chi connectivity index (χ1v) is 5.87. The van der Waals surface area contributed by atoms with Crippen LogP contribution in [0.15, 0.2) is 24.3 Å². The molecule has 0 aromatic heterocycles.